The molecule has 0 amide bonds. The third kappa shape index (κ3) is 4.20. The molecule has 154 valence electrons. The van der Waals surface area contributed by atoms with Gasteiger partial charge >= 0.3 is 0 Å². The number of ether oxygens (including phenoxy) is 1. The molecular formula is C27H30N2O. The lowest BCUT2D eigenvalue weighted by Crippen LogP contribution is -2.41. The van der Waals surface area contributed by atoms with Gasteiger partial charge in [-0.25, -0.2) is 0 Å². The molecule has 0 bridgehead atoms. The summed E-state index contributed by atoms with van der Waals surface area (Å²) in [5.41, 5.74) is 6.39. The van der Waals surface area contributed by atoms with Gasteiger partial charge in [-0.1, -0.05) is 63.2 Å². The molecule has 4 rings (SSSR count). The first-order chi connectivity index (χ1) is 14.5. The Morgan fingerprint density at radius 2 is 1.40 bits per heavy atom. The van der Waals surface area contributed by atoms with E-state index < -0.39 is 0 Å². The summed E-state index contributed by atoms with van der Waals surface area (Å²) in [6.45, 7) is 8.43. The molecule has 0 aliphatic carbocycles. The molecule has 3 aromatic rings. The largest absolute Gasteiger partial charge is 0.497 e. The Hall–Kier alpha value is -3.20. The Morgan fingerprint density at radius 1 is 0.767 bits per heavy atom. The predicted molar refractivity (Wildman–Crippen MR) is 127 cm³/mol. The first-order valence-electron chi connectivity index (χ1n) is 10.5. The molecule has 0 spiro atoms. The maximum absolute atomic E-state index is 5.35. The van der Waals surface area contributed by atoms with Crippen LogP contribution in [0.15, 0.2) is 84.9 Å². The fourth-order valence-corrected chi connectivity index (χ4v) is 3.84. The van der Waals surface area contributed by atoms with Gasteiger partial charge in [0.15, 0.2) is 0 Å². The first kappa shape index (κ1) is 20.1. The van der Waals surface area contributed by atoms with E-state index in [0.717, 1.165) is 24.7 Å². The molecule has 0 radical (unpaired) electrons. The number of nitrogens with zero attached hydrogens (tertiary/aromatic N) is 2. The minimum absolute atomic E-state index is 0.163. The molecule has 0 fully saturated rings. The Kier molecular flexibility index (Phi) is 5.54. The van der Waals surface area contributed by atoms with Gasteiger partial charge < -0.3 is 14.5 Å². The number of hydrogen-bond donors (Lipinski definition) is 0. The van der Waals surface area contributed by atoms with Gasteiger partial charge in [0, 0.05) is 23.6 Å². The van der Waals surface area contributed by atoms with Crippen molar-refractivity contribution in [3.05, 3.63) is 96.1 Å². The van der Waals surface area contributed by atoms with Gasteiger partial charge in [0.2, 0.25) is 0 Å². The Balaban J connectivity index is 1.67. The van der Waals surface area contributed by atoms with Crippen LogP contribution in [-0.2, 0) is 5.41 Å². The number of benzene rings is 3. The minimum atomic E-state index is 0.163. The molecular weight excluding hydrogens is 368 g/mol. The average Bonchev–Trinajstić information content (AvgIpc) is 2.79. The van der Waals surface area contributed by atoms with Crippen LogP contribution in [0.1, 0.15) is 31.9 Å². The van der Waals surface area contributed by atoms with Gasteiger partial charge in [0.1, 0.15) is 5.75 Å². The van der Waals surface area contributed by atoms with Crippen LogP contribution in [0.25, 0.3) is 5.70 Å². The van der Waals surface area contributed by atoms with E-state index >= 15 is 0 Å². The van der Waals surface area contributed by atoms with Crippen molar-refractivity contribution >= 4 is 17.1 Å². The highest BCUT2D eigenvalue weighted by Gasteiger charge is 2.23. The van der Waals surface area contributed by atoms with E-state index in [4.69, 9.17) is 4.74 Å². The van der Waals surface area contributed by atoms with Crippen LogP contribution >= 0.6 is 0 Å². The van der Waals surface area contributed by atoms with Gasteiger partial charge in [-0.15, -0.1) is 0 Å². The second kappa shape index (κ2) is 8.27. The number of anilines is 2. The van der Waals surface area contributed by atoms with Crippen molar-refractivity contribution < 1.29 is 4.74 Å². The van der Waals surface area contributed by atoms with E-state index in [1.807, 2.05) is 12.1 Å². The molecule has 0 atom stereocenters. The molecule has 0 saturated carbocycles. The second-order valence-corrected chi connectivity index (χ2v) is 8.74. The molecule has 1 aliphatic rings. The van der Waals surface area contributed by atoms with Crippen molar-refractivity contribution in [2.45, 2.75) is 26.2 Å². The summed E-state index contributed by atoms with van der Waals surface area (Å²) in [5.74, 6) is 0.871. The van der Waals surface area contributed by atoms with Crippen molar-refractivity contribution in [1.82, 2.24) is 0 Å². The van der Waals surface area contributed by atoms with Crippen LogP contribution in [0.2, 0.25) is 0 Å². The van der Waals surface area contributed by atoms with Crippen LogP contribution < -0.4 is 14.5 Å². The van der Waals surface area contributed by atoms with Crippen molar-refractivity contribution in [2.75, 3.05) is 30.1 Å². The fraction of sp³-hybridized carbons (Fsp3) is 0.259. The van der Waals surface area contributed by atoms with Crippen LogP contribution in [-0.4, -0.2) is 20.3 Å². The maximum atomic E-state index is 5.35. The van der Waals surface area contributed by atoms with Crippen molar-refractivity contribution in [2.24, 2.45) is 0 Å². The van der Waals surface area contributed by atoms with Crippen LogP contribution in [0, 0.1) is 0 Å². The summed E-state index contributed by atoms with van der Waals surface area (Å²) in [4.78, 5) is 4.78. The highest BCUT2D eigenvalue weighted by atomic mass is 16.5. The summed E-state index contributed by atoms with van der Waals surface area (Å²) < 4.78 is 5.35. The fourth-order valence-electron chi connectivity index (χ4n) is 3.84. The highest BCUT2D eigenvalue weighted by Crippen LogP contribution is 2.33. The smallest absolute Gasteiger partial charge is 0.119 e. The van der Waals surface area contributed by atoms with E-state index in [1.54, 1.807) is 7.11 Å². The molecule has 3 aromatic carbocycles. The third-order valence-electron chi connectivity index (χ3n) is 5.66. The van der Waals surface area contributed by atoms with Crippen molar-refractivity contribution in [1.29, 1.82) is 0 Å². The quantitative estimate of drug-likeness (QED) is 0.511. The van der Waals surface area contributed by atoms with E-state index in [2.05, 4.69) is 103 Å². The average molecular weight is 399 g/mol. The third-order valence-corrected chi connectivity index (χ3v) is 5.66. The molecule has 3 nitrogen and oxygen atoms in total. The molecule has 0 N–H and O–H groups in total. The maximum Gasteiger partial charge on any atom is 0.119 e. The van der Waals surface area contributed by atoms with Gasteiger partial charge in [-0.05, 0) is 59.0 Å². The van der Waals surface area contributed by atoms with Crippen LogP contribution in [0.3, 0.4) is 0 Å². The molecule has 1 aliphatic heterocycles. The van der Waals surface area contributed by atoms with Crippen LogP contribution in [0.4, 0.5) is 11.4 Å². The summed E-state index contributed by atoms with van der Waals surface area (Å²) in [7, 11) is 1.70. The SMILES string of the molecule is COc1ccc(N2CN(c3ccc(C(C)(C)C)cc3)CC=C2c2ccccc2)cc1. The summed E-state index contributed by atoms with van der Waals surface area (Å²) in [6, 6.07) is 27.9. The molecule has 3 heteroatoms. The van der Waals surface area contributed by atoms with Gasteiger partial charge in [-0.2, -0.15) is 0 Å². The monoisotopic (exact) mass is 398 g/mol. The van der Waals surface area contributed by atoms with E-state index in [1.165, 1.54) is 22.5 Å². The summed E-state index contributed by atoms with van der Waals surface area (Å²) >= 11 is 0. The lowest BCUT2D eigenvalue weighted by molar-refractivity contribution is 0.415. The molecule has 30 heavy (non-hydrogen) atoms. The van der Waals surface area contributed by atoms with Gasteiger partial charge in [0.25, 0.3) is 0 Å². The Morgan fingerprint density at radius 3 is 2.00 bits per heavy atom. The topological polar surface area (TPSA) is 15.7 Å². The number of rotatable bonds is 4. The zero-order valence-electron chi connectivity index (χ0n) is 18.3. The second-order valence-electron chi connectivity index (χ2n) is 8.74. The Labute approximate surface area is 180 Å². The normalized spacial score (nSPS) is 14.5. The van der Waals surface area contributed by atoms with E-state index in [-0.39, 0.29) is 5.41 Å². The number of methoxy groups -OCH3 is 1. The van der Waals surface area contributed by atoms with Crippen LogP contribution in [0.5, 0.6) is 5.75 Å². The van der Waals surface area contributed by atoms with Gasteiger partial charge in [0.05, 0.1) is 13.8 Å². The lowest BCUT2D eigenvalue weighted by atomic mass is 9.87. The van der Waals surface area contributed by atoms with Crippen molar-refractivity contribution in [3.63, 3.8) is 0 Å². The van der Waals surface area contributed by atoms with Crippen molar-refractivity contribution in [3.8, 4) is 5.75 Å². The molecule has 1 heterocycles. The number of hydrogen-bond acceptors (Lipinski definition) is 3. The zero-order chi connectivity index (χ0) is 21.1. The highest BCUT2D eigenvalue weighted by molar-refractivity contribution is 5.82. The lowest BCUT2D eigenvalue weighted by Gasteiger charge is -2.39. The predicted octanol–water partition coefficient (Wildman–Crippen LogP) is 6.32. The van der Waals surface area contributed by atoms with E-state index in [9.17, 15) is 0 Å². The molecule has 0 aromatic heterocycles. The zero-order valence-corrected chi connectivity index (χ0v) is 18.3. The van der Waals surface area contributed by atoms with Gasteiger partial charge in [-0.3, -0.25) is 0 Å². The first-order valence-corrected chi connectivity index (χ1v) is 10.5. The molecule has 0 unspecified atom stereocenters. The Bertz CT molecular complexity index is 999. The molecule has 0 saturated heterocycles. The van der Waals surface area contributed by atoms with E-state index in [0.29, 0.717) is 0 Å². The summed E-state index contributed by atoms with van der Waals surface area (Å²) in [6.07, 6.45) is 2.32. The summed E-state index contributed by atoms with van der Waals surface area (Å²) in [5, 5.41) is 0. The standard InChI is InChI=1S/C27H30N2O/c1-27(2,3)22-10-12-23(13-11-22)28-19-18-26(21-8-6-5-7-9-21)29(20-28)24-14-16-25(30-4)17-15-24/h5-18H,19-20H2,1-4H3. The minimum Gasteiger partial charge on any atom is -0.497 e.